The Morgan fingerprint density at radius 2 is 2.07 bits per heavy atom. The van der Waals surface area contributed by atoms with Crippen LogP contribution in [0.5, 0.6) is 0 Å². The lowest BCUT2D eigenvalue weighted by atomic mass is 10.1. The highest BCUT2D eigenvalue weighted by molar-refractivity contribution is 5.14. The van der Waals surface area contributed by atoms with Gasteiger partial charge in [-0.1, -0.05) is 30.3 Å². The fourth-order valence-corrected chi connectivity index (χ4v) is 1.78. The van der Waals surface area contributed by atoms with Crippen LogP contribution >= 0.6 is 0 Å². The lowest BCUT2D eigenvalue weighted by Crippen LogP contribution is -2.39. The largest absolute Gasteiger partial charge is 0.389 e. The van der Waals surface area contributed by atoms with E-state index < -0.39 is 0 Å². The Morgan fingerprint density at radius 1 is 1.27 bits per heavy atom. The molecule has 1 aliphatic rings. The molecule has 2 N–H and O–H groups in total. The Morgan fingerprint density at radius 3 is 2.73 bits per heavy atom. The molecule has 1 aromatic carbocycles. The second-order valence-electron chi connectivity index (χ2n) is 3.90. The van der Waals surface area contributed by atoms with Crippen LogP contribution in [0.3, 0.4) is 0 Å². The van der Waals surface area contributed by atoms with Crippen molar-refractivity contribution in [1.29, 1.82) is 0 Å². The highest BCUT2D eigenvalue weighted by Gasteiger charge is 2.24. The van der Waals surface area contributed by atoms with E-state index in [1.54, 1.807) is 0 Å². The quantitative estimate of drug-likeness (QED) is 0.759. The molecule has 1 saturated heterocycles. The molecule has 82 valence electrons. The van der Waals surface area contributed by atoms with Crippen LogP contribution in [0.2, 0.25) is 0 Å². The van der Waals surface area contributed by atoms with E-state index in [1.807, 2.05) is 18.2 Å². The molecular weight excluding hydrogens is 190 g/mol. The molecule has 1 heterocycles. The molecule has 0 aliphatic carbocycles. The van der Waals surface area contributed by atoms with Crippen LogP contribution in [0.1, 0.15) is 5.56 Å². The predicted octanol–water partition coefficient (Wildman–Crippen LogP) is 0.578. The molecule has 1 aromatic rings. The molecule has 2 rings (SSSR count). The van der Waals surface area contributed by atoms with E-state index in [0.717, 1.165) is 13.0 Å². The molecule has 0 bridgehead atoms. The minimum atomic E-state index is -0.347. The lowest BCUT2D eigenvalue weighted by Gasteiger charge is -2.14. The van der Waals surface area contributed by atoms with E-state index in [-0.39, 0.29) is 12.1 Å². The normalized spacial score (nSPS) is 25.7. The summed E-state index contributed by atoms with van der Waals surface area (Å²) in [4.78, 5) is 0. The van der Waals surface area contributed by atoms with Crippen molar-refractivity contribution < 1.29 is 9.84 Å². The third-order valence-electron chi connectivity index (χ3n) is 2.71. The first-order valence-electron chi connectivity index (χ1n) is 5.39. The highest BCUT2D eigenvalue weighted by atomic mass is 16.5. The number of aliphatic hydroxyl groups excluding tert-OH is 1. The van der Waals surface area contributed by atoms with Gasteiger partial charge in [0.15, 0.2) is 0 Å². The molecule has 3 heteroatoms. The van der Waals surface area contributed by atoms with Gasteiger partial charge in [0, 0.05) is 0 Å². The van der Waals surface area contributed by atoms with Crippen molar-refractivity contribution in [1.82, 2.24) is 5.32 Å². The fraction of sp³-hybridized carbons (Fsp3) is 0.500. The highest BCUT2D eigenvalue weighted by Crippen LogP contribution is 2.05. The molecule has 3 nitrogen and oxygen atoms in total. The monoisotopic (exact) mass is 207 g/mol. The Balaban J connectivity index is 1.71. The van der Waals surface area contributed by atoms with Crippen LogP contribution in [0.15, 0.2) is 30.3 Å². The summed E-state index contributed by atoms with van der Waals surface area (Å²) in [5, 5.41) is 12.8. The van der Waals surface area contributed by atoms with E-state index >= 15 is 0 Å². The zero-order chi connectivity index (χ0) is 10.5. The van der Waals surface area contributed by atoms with Gasteiger partial charge in [-0.15, -0.1) is 0 Å². The fourth-order valence-electron chi connectivity index (χ4n) is 1.78. The van der Waals surface area contributed by atoms with Crippen molar-refractivity contribution in [3.05, 3.63) is 35.9 Å². The third-order valence-corrected chi connectivity index (χ3v) is 2.71. The maximum absolute atomic E-state index is 9.50. The van der Waals surface area contributed by atoms with Crippen LogP contribution in [0.4, 0.5) is 0 Å². The number of rotatable bonds is 4. The van der Waals surface area contributed by atoms with Gasteiger partial charge in [-0.2, -0.15) is 0 Å². The summed E-state index contributed by atoms with van der Waals surface area (Å²) in [7, 11) is 0. The summed E-state index contributed by atoms with van der Waals surface area (Å²) in [5.74, 6) is 0. The first kappa shape index (κ1) is 10.6. The molecule has 15 heavy (non-hydrogen) atoms. The minimum absolute atomic E-state index is 0.105. The number of hydrogen-bond acceptors (Lipinski definition) is 3. The standard InChI is InChI=1S/C12H17NO2/c14-12-9-15-8-11(12)13-7-6-10-4-2-1-3-5-10/h1-5,11-14H,6-9H2/t11-,12-/m0/s1. The van der Waals surface area contributed by atoms with E-state index in [4.69, 9.17) is 4.74 Å². The number of ether oxygens (including phenoxy) is 1. The van der Waals surface area contributed by atoms with E-state index in [9.17, 15) is 5.11 Å². The van der Waals surface area contributed by atoms with Crippen LogP contribution < -0.4 is 5.32 Å². The molecule has 1 aliphatic heterocycles. The Labute approximate surface area is 90.1 Å². The summed E-state index contributed by atoms with van der Waals surface area (Å²) in [6.45, 7) is 1.97. The summed E-state index contributed by atoms with van der Waals surface area (Å²) >= 11 is 0. The second kappa shape index (κ2) is 5.26. The summed E-state index contributed by atoms with van der Waals surface area (Å²) in [5.41, 5.74) is 1.32. The van der Waals surface area contributed by atoms with E-state index in [0.29, 0.717) is 13.2 Å². The van der Waals surface area contributed by atoms with E-state index in [2.05, 4.69) is 17.4 Å². The van der Waals surface area contributed by atoms with Crippen molar-refractivity contribution in [3.63, 3.8) is 0 Å². The molecule has 0 unspecified atom stereocenters. The third kappa shape index (κ3) is 3.02. The van der Waals surface area contributed by atoms with Gasteiger partial charge in [-0.05, 0) is 18.5 Å². The number of aliphatic hydroxyl groups is 1. The van der Waals surface area contributed by atoms with Crippen LogP contribution in [0.25, 0.3) is 0 Å². The average molecular weight is 207 g/mol. The molecule has 2 atom stereocenters. The lowest BCUT2D eigenvalue weighted by molar-refractivity contribution is 0.122. The zero-order valence-corrected chi connectivity index (χ0v) is 8.73. The maximum Gasteiger partial charge on any atom is 0.0948 e. The van der Waals surface area contributed by atoms with Gasteiger partial charge < -0.3 is 15.2 Å². The van der Waals surface area contributed by atoms with Gasteiger partial charge in [0.2, 0.25) is 0 Å². The molecule has 0 saturated carbocycles. The van der Waals surface area contributed by atoms with Gasteiger partial charge >= 0.3 is 0 Å². The smallest absolute Gasteiger partial charge is 0.0948 e. The van der Waals surface area contributed by atoms with Gasteiger partial charge in [0.05, 0.1) is 25.4 Å². The Bertz CT molecular complexity index is 289. The molecule has 0 aromatic heterocycles. The van der Waals surface area contributed by atoms with Crippen molar-refractivity contribution >= 4 is 0 Å². The first-order chi connectivity index (χ1) is 7.36. The van der Waals surface area contributed by atoms with Crippen molar-refractivity contribution in [2.75, 3.05) is 19.8 Å². The van der Waals surface area contributed by atoms with Crippen molar-refractivity contribution in [3.8, 4) is 0 Å². The SMILES string of the molecule is O[C@H]1COC[C@@H]1NCCc1ccccc1. The summed E-state index contributed by atoms with van der Waals surface area (Å²) in [6, 6.07) is 10.4. The molecule has 0 radical (unpaired) electrons. The number of hydrogen-bond donors (Lipinski definition) is 2. The van der Waals surface area contributed by atoms with Crippen LogP contribution in [-0.2, 0) is 11.2 Å². The summed E-state index contributed by atoms with van der Waals surface area (Å²) in [6.07, 6.45) is 0.644. The molecule has 0 spiro atoms. The molecule has 0 amide bonds. The van der Waals surface area contributed by atoms with Gasteiger partial charge in [0.25, 0.3) is 0 Å². The Hall–Kier alpha value is -0.900. The zero-order valence-electron chi connectivity index (χ0n) is 8.73. The molecular formula is C12H17NO2. The van der Waals surface area contributed by atoms with Gasteiger partial charge in [-0.3, -0.25) is 0 Å². The number of nitrogens with one attached hydrogen (secondary N) is 1. The molecule has 1 fully saturated rings. The number of benzene rings is 1. The second-order valence-corrected chi connectivity index (χ2v) is 3.90. The Kier molecular flexibility index (Phi) is 3.72. The maximum atomic E-state index is 9.50. The minimum Gasteiger partial charge on any atom is -0.389 e. The predicted molar refractivity (Wildman–Crippen MR) is 58.8 cm³/mol. The van der Waals surface area contributed by atoms with Crippen molar-refractivity contribution in [2.24, 2.45) is 0 Å². The van der Waals surface area contributed by atoms with Crippen molar-refractivity contribution in [2.45, 2.75) is 18.6 Å². The summed E-state index contributed by atoms with van der Waals surface area (Å²) < 4.78 is 5.16. The van der Waals surface area contributed by atoms with Crippen LogP contribution in [-0.4, -0.2) is 37.0 Å². The topological polar surface area (TPSA) is 41.5 Å². The van der Waals surface area contributed by atoms with Crippen LogP contribution in [0, 0.1) is 0 Å². The van der Waals surface area contributed by atoms with Gasteiger partial charge in [-0.25, -0.2) is 0 Å². The van der Waals surface area contributed by atoms with E-state index in [1.165, 1.54) is 5.56 Å². The van der Waals surface area contributed by atoms with Gasteiger partial charge in [0.1, 0.15) is 0 Å². The first-order valence-corrected chi connectivity index (χ1v) is 5.39. The average Bonchev–Trinajstić information content (AvgIpc) is 2.66.